The van der Waals surface area contributed by atoms with Gasteiger partial charge in [0.1, 0.15) is 12.1 Å². The second kappa shape index (κ2) is 7.94. The van der Waals surface area contributed by atoms with Crippen molar-refractivity contribution in [1.29, 1.82) is 0 Å². The predicted molar refractivity (Wildman–Crippen MR) is 98.4 cm³/mol. The number of ether oxygens (including phenoxy) is 1. The molecule has 0 saturated heterocycles. The summed E-state index contributed by atoms with van der Waals surface area (Å²) in [6, 6.07) is 17.2. The molecule has 1 N–H and O–H groups in total. The fraction of sp³-hybridized carbons (Fsp3) is 0.167. The monoisotopic (exact) mass is 400 g/mol. The number of nitrogens with zero attached hydrogens (tertiary/aromatic N) is 3. The van der Waals surface area contributed by atoms with Crippen LogP contribution in [-0.4, -0.2) is 26.8 Å². The van der Waals surface area contributed by atoms with Crippen LogP contribution in [0.4, 0.5) is 5.95 Å². The largest absolute Gasteiger partial charge is 0.481 e. The zero-order valence-corrected chi connectivity index (χ0v) is 15.2. The van der Waals surface area contributed by atoms with E-state index in [-0.39, 0.29) is 11.9 Å². The molecule has 0 aliphatic carbocycles. The first-order valence-corrected chi connectivity index (χ1v) is 8.56. The van der Waals surface area contributed by atoms with Crippen molar-refractivity contribution in [2.75, 3.05) is 5.32 Å². The van der Waals surface area contributed by atoms with Crippen molar-refractivity contribution in [2.24, 2.45) is 0 Å². The number of halogens is 1. The van der Waals surface area contributed by atoms with Gasteiger partial charge in [-0.2, -0.15) is 0 Å². The standard InChI is InChI=1S/C18H17BrN4O2/c1-13(25-16-9-7-15(19)8-10-16)17(24)21-18-20-12-23(22-18)11-14-5-3-2-4-6-14/h2-10,12-13H,11H2,1H3,(H,21,22,24). The van der Waals surface area contributed by atoms with Crippen LogP contribution in [0.1, 0.15) is 12.5 Å². The zero-order valence-electron chi connectivity index (χ0n) is 13.6. The number of nitrogens with one attached hydrogen (secondary N) is 1. The van der Waals surface area contributed by atoms with Gasteiger partial charge in [0.15, 0.2) is 6.10 Å². The van der Waals surface area contributed by atoms with E-state index in [0.29, 0.717) is 12.3 Å². The highest BCUT2D eigenvalue weighted by Gasteiger charge is 2.16. The van der Waals surface area contributed by atoms with Gasteiger partial charge in [-0.25, -0.2) is 9.67 Å². The molecule has 0 spiro atoms. The molecule has 0 aliphatic rings. The van der Waals surface area contributed by atoms with Crippen molar-refractivity contribution < 1.29 is 9.53 Å². The molecule has 1 heterocycles. The molecule has 1 unspecified atom stereocenters. The van der Waals surface area contributed by atoms with Crippen LogP contribution in [0.5, 0.6) is 5.75 Å². The van der Waals surface area contributed by atoms with Crippen LogP contribution in [0.25, 0.3) is 0 Å². The van der Waals surface area contributed by atoms with Gasteiger partial charge >= 0.3 is 0 Å². The number of hydrogen-bond acceptors (Lipinski definition) is 4. The van der Waals surface area contributed by atoms with Crippen LogP contribution in [-0.2, 0) is 11.3 Å². The van der Waals surface area contributed by atoms with Crippen molar-refractivity contribution >= 4 is 27.8 Å². The van der Waals surface area contributed by atoms with Crippen LogP contribution in [0.2, 0.25) is 0 Å². The third kappa shape index (κ3) is 4.90. The second-order valence-electron chi connectivity index (χ2n) is 5.45. The summed E-state index contributed by atoms with van der Waals surface area (Å²) < 4.78 is 8.23. The number of rotatable bonds is 6. The molecule has 0 radical (unpaired) electrons. The van der Waals surface area contributed by atoms with Gasteiger partial charge < -0.3 is 4.74 Å². The molecule has 7 heteroatoms. The molecule has 6 nitrogen and oxygen atoms in total. The van der Waals surface area contributed by atoms with Crippen molar-refractivity contribution in [3.8, 4) is 5.75 Å². The molecule has 0 bridgehead atoms. The molecule has 1 aromatic heterocycles. The Morgan fingerprint density at radius 2 is 1.92 bits per heavy atom. The number of amides is 1. The molecule has 0 aliphatic heterocycles. The van der Waals surface area contributed by atoms with Crippen molar-refractivity contribution in [3.05, 3.63) is 71.0 Å². The van der Waals surface area contributed by atoms with E-state index in [0.717, 1.165) is 10.0 Å². The normalized spacial score (nSPS) is 11.8. The van der Waals surface area contributed by atoms with E-state index in [4.69, 9.17) is 4.74 Å². The molecule has 1 amide bonds. The predicted octanol–water partition coefficient (Wildman–Crippen LogP) is 3.49. The lowest BCUT2D eigenvalue weighted by Crippen LogP contribution is -2.30. The summed E-state index contributed by atoms with van der Waals surface area (Å²) in [6.07, 6.45) is 0.922. The Kier molecular flexibility index (Phi) is 5.45. The summed E-state index contributed by atoms with van der Waals surface area (Å²) in [5.74, 6) is 0.570. The van der Waals surface area contributed by atoms with Crippen LogP contribution >= 0.6 is 15.9 Å². The smallest absolute Gasteiger partial charge is 0.267 e. The van der Waals surface area contributed by atoms with E-state index in [9.17, 15) is 4.79 Å². The Morgan fingerprint density at radius 3 is 2.64 bits per heavy atom. The maximum atomic E-state index is 12.2. The molecule has 1 atom stereocenters. The summed E-state index contributed by atoms with van der Waals surface area (Å²) in [5, 5.41) is 6.92. The van der Waals surface area contributed by atoms with Gasteiger partial charge in [0.05, 0.1) is 6.54 Å². The highest BCUT2D eigenvalue weighted by molar-refractivity contribution is 9.10. The topological polar surface area (TPSA) is 69.0 Å². The van der Waals surface area contributed by atoms with Crippen LogP contribution < -0.4 is 10.1 Å². The zero-order chi connectivity index (χ0) is 17.6. The number of benzene rings is 2. The molecule has 0 saturated carbocycles. The van der Waals surface area contributed by atoms with Crippen LogP contribution in [0.3, 0.4) is 0 Å². The third-order valence-corrected chi connectivity index (χ3v) is 3.98. The Balaban J connectivity index is 1.56. The summed E-state index contributed by atoms with van der Waals surface area (Å²) in [7, 11) is 0. The maximum Gasteiger partial charge on any atom is 0.267 e. The average Bonchev–Trinajstić information content (AvgIpc) is 3.04. The average molecular weight is 401 g/mol. The third-order valence-electron chi connectivity index (χ3n) is 3.45. The minimum Gasteiger partial charge on any atom is -0.481 e. The molecular weight excluding hydrogens is 384 g/mol. The van der Waals surface area contributed by atoms with E-state index in [2.05, 4.69) is 31.3 Å². The van der Waals surface area contributed by atoms with E-state index in [1.807, 2.05) is 42.5 Å². The Bertz CT molecular complexity index is 834. The first kappa shape index (κ1) is 17.2. The van der Waals surface area contributed by atoms with Crippen molar-refractivity contribution in [2.45, 2.75) is 19.6 Å². The Labute approximate surface area is 154 Å². The molecule has 0 fully saturated rings. The molecule has 2 aromatic carbocycles. The number of hydrogen-bond donors (Lipinski definition) is 1. The van der Waals surface area contributed by atoms with Gasteiger partial charge in [0, 0.05) is 4.47 Å². The maximum absolute atomic E-state index is 12.2. The van der Waals surface area contributed by atoms with E-state index >= 15 is 0 Å². The van der Waals surface area contributed by atoms with Crippen molar-refractivity contribution in [3.63, 3.8) is 0 Å². The molecule has 128 valence electrons. The van der Waals surface area contributed by atoms with Crippen molar-refractivity contribution in [1.82, 2.24) is 14.8 Å². The van der Waals surface area contributed by atoms with Gasteiger partial charge in [0.25, 0.3) is 5.91 Å². The first-order valence-electron chi connectivity index (χ1n) is 7.76. The fourth-order valence-electron chi connectivity index (χ4n) is 2.18. The lowest BCUT2D eigenvalue weighted by molar-refractivity contribution is -0.122. The number of aromatic nitrogens is 3. The summed E-state index contributed by atoms with van der Waals surface area (Å²) in [6.45, 7) is 2.27. The van der Waals surface area contributed by atoms with Gasteiger partial charge in [-0.3, -0.25) is 10.1 Å². The van der Waals surface area contributed by atoms with E-state index < -0.39 is 6.10 Å². The van der Waals surface area contributed by atoms with Gasteiger partial charge in [0.2, 0.25) is 5.95 Å². The Morgan fingerprint density at radius 1 is 1.20 bits per heavy atom. The lowest BCUT2D eigenvalue weighted by Gasteiger charge is -2.13. The summed E-state index contributed by atoms with van der Waals surface area (Å²) in [5.41, 5.74) is 1.11. The second-order valence-corrected chi connectivity index (χ2v) is 6.37. The molecule has 3 rings (SSSR count). The number of carbonyl (C=O) groups excluding carboxylic acids is 1. The summed E-state index contributed by atoms with van der Waals surface area (Å²) in [4.78, 5) is 16.3. The van der Waals surface area contributed by atoms with Crippen LogP contribution in [0.15, 0.2) is 65.4 Å². The lowest BCUT2D eigenvalue weighted by atomic mass is 10.2. The summed E-state index contributed by atoms with van der Waals surface area (Å²) >= 11 is 3.36. The number of carbonyl (C=O) groups is 1. The SMILES string of the molecule is CC(Oc1ccc(Br)cc1)C(=O)Nc1ncn(Cc2ccccc2)n1. The highest BCUT2D eigenvalue weighted by atomic mass is 79.9. The van der Waals surface area contributed by atoms with E-state index in [1.54, 1.807) is 30.1 Å². The minimum atomic E-state index is -0.665. The first-order chi connectivity index (χ1) is 12.1. The molecular formula is C18H17BrN4O2. The van der Waals surface area contributed by atoms with Gasteiger partial charge in [-0.05, 0) is 36.8 Å². The fourth-order valence-corrected chi connectivity index (χ4v) is 2.45. The quantitative estimate of drug-likeness (QED) is 0.687. The Hall–Kier alpha value is -2.67. The van der Waals surface area contributed by atoms with Crippen LogP contribution in [0, 0.1) is 0 Å². The molecule has 25 heavy (non-hydrogen) atoms. The van der Waals surface area contributed by atoms with E-state index in [1.165, 1.54) is 0 Å². The number of anilines is 1. The van der Waals surface area contributed by atoms with Gasteiger partial charge in [-0.15, -0.1) is 5.10 Å². The highest BCUT2D eigenvalue weighted by Crippen LogP contribution is 2.17. The van der Waals surface area contributed by atoms with Gasteiger partial charge in [-0.1, -0.05) is 46.3 Å². The minimum absolute atomic E-state index is 0.257. The molecule has 3 aromatic rings.